The maximum absolute atomic E-state index is 10.6. The van der Waals surface area contributed by atoms with Gasteiger partial charge >= 0.3 is 0 Å². The van der Waals surface area contributed by atoms with Gasteiger partial charge in [-0.3, -0.25) is 4.79 Å². The molecule has 3 heteroatoms. The van der Waals surface area contributed by atoms with Gasteiger partial charge in [-0.05, 0) is 6.92 Å². The van der Waals surface area contributed by atoms with Crippen LogP contribution in [-0.2, 0) is 9.53 Å². The summed E-state index contributed by atoms with van der Waals surface area (Å²) >= 11 is 0. The number of carbonyl (C=O) groups is 1. The Hall–Kier alpha value is -0.880. The third-order valence-corrected chi connectivity index (χ3v) is 1.06. The topological polar surface area (TPSA) is 50.1 Å². The van der Waals surface area contributed by atoms with Crippen molar-refractivity contribution in [2.75, 3.05) is 7.11 Å². The predicted molar refractivity (Wildman–Crippen MR) is 31.7 cm³/mol. The number of nitrogens with zero attached hydrogens (tertiary/aromatic N) is 1. The van der Waals surface area contributed by atoms with Crippen LogP contribution in [0, 0.1) is 11.3 Å². The Morgan fingerprint density at radius 1 is 1.89 bits per heavy atom. The van der Waals surface area contributed by atoms with Crippen molar-refractivity contribution in [3.8, 4) is 6.07 Å². The molecule has 0 saturated carbocycles. The van der Waals surface area contributed by atoms with E-state index >= 15 is 0 Å². The molecule has 0 fully saturated rings. The van der Waals surface area contributed by atoms with Crippen LogP contribution >= 0.6 is 0 Å². The number of carbonyl (C=O) groups excluding carboxylic acids is 1. The van der Waals surface area contributed by atoms with Crippen molar-refractivity contribution >= 4 is 5.78 Å². The molecule has 0 spiro atoms. The number of Topliss-reactive ketones (excluding diaryl/α,β-unsaturated/α-hetero) is 1. The van der Waals surface area contributed by atoms with Crippen LogP contribution in [0.15, 0.2) is 0 Å². The maximum Gasteiger partial charge on any atom is 0.175 e. The van der Waals surface area contributed by atoms with Crippen molar-refractivity contribution < 1.29 is 9.53 Å². The number of ether oxygens (including phenoxy) is 1. The molecule has 0 aliphatic rings. The molecule has 0 unspecified atom stereocenters. The predicted octanol–water partition coefficient (Wildman–Crippen LogP) is 0.504. The summed E-state index contributed by atoms with van der Waals surface area (Å²) in [6, 6.07) is 1.75. The summed E-state index contributed by atoms with van der Waals surface area (Å²) < 4.78 is 4.66. The van der Waals surface area contributed by atoms with Gasteiger partial charge in [0.2, 0.25) is 0 Å². The van der Waals surface area contributed by atoms with E-state index in [0.717, 1.165) is 0 Å². The summed E-state index contributed by atoms with van der Waals surface area (Å²) in [7, 11) is 1.44. The Labute approximate surface area is 54.2 Å². The molecule has 0 heterocycles. The van der Waals surface area contributed by atoms with Crippen molar-refractivity contribution in [2.24, 2.45) is 0 Å². The van der Waals surface area contributed by atoms with Gasteiger partial charge in [-0.15, -0.1) is 0 Å². The van der Waals surface area contributed by atoms with Gasteiger partial charge in [0.05, 0.1) is 12.5 Å². The molecule has 0 saturated heterocycles. The molecule has 0 amide bonds. The lowest BCUT2D eigenvalue weighted by atomic mass is 10.2. The molecule has 3 nitrogen and oxygen atoms in total. The van der Waals surface area contributed by atoms with Gasteiger partial charge in [-0.1, -0.05) is 0 Å². The molecule has 9 heavy (non-hydrogen) atoms. The second-order valence-electron chi connectivity index (χ2n) is 1.68. The largest absolute Gasteiger partial charge is 0.374 e. The zero-order valence-corrected chi connectivity index (χ0v) is 5.55. The van der Waals surface area contributed by atoms with E-state index < -0.39 is 6.10 Å². The minimum atomic E-state index is -0.440. The molecule has 0 aromatic heterocycles. The molecular formula is C6H9NO2. The normalized spacial score (nSPS) is 12.1. The van der Waals surface area contributed by atoms with Gasteiger partial charge in [0.25, 0.3) is 0 Å². The van der Waals surface area contributed by atoms with Crippen LogP contribution in [0.1, 0.15) is 13.3 Å². The number of hydrogen-bond donors (Lipinski definition) is 0. The zero-order valence-electron chi connectivity index (χ0n) is 5.55. The van der Waals surface area contributed by atoms with E-state index in [1.807, 2.05) is 0 Å². The first-order valence-corrected chi connectivity index (χ1v) is 2.64. The summed E-state index contributed by atoms with van der Waals surface area (Å²) in [4.78, 5) is 10.6. The standard InChI is InChI=1S/C6H9NO2/c1-5(9-2)6(8)3-4-7/h5H,3H2,1-2H3/t5-/m0/s1. The van der Waals surface area contributed by atoms with Crippen LogP contribution in [0.3, 0.4) is 0 Å². The van der Waals surface area contributed by atoms with Crippen LogP contribution < -0.4 is 0 Å². The van der Waals surface area contributed by atoms with Gasteiger partial charge in [0.1, 0.15) is 6.10 Å². The van der Waals surface area contributed by atoms with Crippen LogP contribution in [0.5, 0.6) is 0 Å². The SMILES string of the molecule is CO[C@@H](C)C(=O)CC#N. The molecule has 0 rings (SSSR count). The Balaban J connectivity index is 3.62. The molecule has 0 aromatic carbocycles. The second-order valence-corrected chi connectivity index (χ2v) is 1.68. The van der Waals surface area contributed by atoms with Gasteiger partial charge < -0.3 is 4.74 Å². The van der Waals surface area contributed by atoms with Crippen LogP contribution in [0.4, 0.5) is 0 Å². The molecule has 0 bridgehead atoms. The Kier molecular flexibility index (Phi) is 3.65. The van der Waals surface area contributed by atoms with Crippen molar-refractivity contribution in [3.63, 3.8) is 0 Å². The Morgan fingerprint density at radius 3 is 2.78 bits per heavy atom. The van der Waals surface area contributed by atoms with E-state index in [1.165, 1.54) is 7.11 Å². The van der Waals surface area contributed by atoms with E-state index in [9.17, 15) is 4.79 Å². The summed E-state index contributed by atoms with van der Waals surface area (Å²) in [6.45, 7) is 1.62. The highest BCUT2D eigenvalue weighted by molar-refractivity contribution is 5.84. The number of rotatable bonds is 3. The molecule has 0 N–H and O–H groups in total. The third kappa shape index (κ3) is 2.83. The quantitative estimate of drug-likeness (QED) is 0.554. The van der Waals surface area contributed by atoms with Crippen LogP contribution in [-0.4, -0.2) is 19.0 Å². The second kappa shape index (κ2) is 4.04. The summed E-state index contributed by atoms with van der Waals surface area (Å²) in [5, 5.41) is 8.05. The average molecular weight is 127 g/mol. The van der Waals surface area contributed by atoms with Crippen molar-refractivity contribution in [2.45, 2.75) is 19.4 Å². The van der Waals surface area contributed by atoms with E-state index in [0.29, 0.717) is 0 Å². The number of ketones is 1. The summed E-state index contributed by atoms with van der Waals surface area (Å²) in [5.74, 6) is -0.167. The highest BCUT2D eigenvalue weighted by Gasteiger charge is 2.09. The van der Waals surface area contributed by atoms with Gasteiger partial charge in [0, 0.05) is 7.11 Å². The first kappa shape index (κ1) is 8.12. The zero-order chi connectivity index (χ0) is 7.28. The van der Waals surface area contributed by atoms with Gasteiger partial charge in [-0.25, -0.2) is 0 Å². The Bertz CT molecular complexity index is 136. The lowest BCUT2D eigenvalue weighted by Gasteiger charge is -2.02. The minimum absolute atomic E-state index is 0.0605. The smallest absolute Gasteiger partial charge is 0.175 e. The average Bonchev–Trinajstić information content (AvgIpc) is 1.87. The number of nitriles is 1. The molecule has 50 valence electrons. The highest BCUT2D eigenvalue weighted by atomic mass is 16.5. The molecular weight excluding hydrogens is 118 g/mol. The first-order chi connectivity index (χ1) is 4.22. The molecule has 1 atom stereocenters. The maximum atomic E-state index is 10.6. The minimum Gasteiger partial charge on any atom is -0.374 e. The van der Waals surface area contributed by atoms with E-state index in [2.05, 4.69) is 4.74 Å². The number of methoxy groups -OCH3 is 1. The van der Waals surface area contributed by atoms with Gasteiger partial charge in [-0.2, -0.15) is 5.26 Å². The fourth-order valence-electron chi connectivity index (χ4n) is 0.353. The van der Waals surface area contributed by atoms with Crippen LogP contribution in [0.2, 0.25) is 0 Å². The summed E-state index contributed by atoms with van der Waals surface area (Å²) in [5.41, 5.74) is 0. The molecule has 0 aromatic rings. The summed E-state index contributed by atoms with van der Waals surface area (Å²) in [6.07, 6.45) is -0.501. The lowest BCUT2D eigenvalue weighted by molar-refractivity contribution is -0.126. The fraction of sp³-hybridized carbons (Fsp3) is 0.667. The van der Waals surface area contributed by atoms with E-state index in [-0.39, 0.29) is 12.2 Å². The van der Waals surface area contributed by atoms with Gasteiger partial charge in [0.15, 0.2) is 5.78 Å². The lowest BCUT2D eigenvalue weighted by Crippen LogP contribution is -2.17. The third-order valence-electron chi connectivity index (χ3n) is 1.06. The molecule has 0 radical (unpaired) electrons. The van der Waals surface area contributed by atoms with Crippen molar-refractivity contribution in [1.29, 1.82) is 5.26 Å². The molecule has 0 aliphatic carbocycles. The Morgan fingerprint density at radius 2 is 2.44 bits per heavy atom. The number of hydrogen-bond acceptors (Lipinski definition) is 3. The van der Waals surface area contributed by atoms with Crippen LogP contribution in [0.25, 0.3) is 0 Å². The highest BCUT2D eigenvalue weighted by Crippen LogP contribution is 1.92. The van der Waals surface area contributed by atoms with E-state index in [4.69, 9.17) is 5.26 Å². The monoisotopic (exact) mass is 127 g/mol. The van der Waals surface area contributed by atoms with Crippen molar-refractivity contribution in [3.05, 3.63) is 0 Å². The van der Waals surface area contributed by atoms with E-state index in [1.54, 1.807) is 13.0 Å². The fourth-order valence-corrected chi connectivity index (χ4v) is 0.353. The van der Waals surface area contributed by atoms with Crippen molar-refractivity contribution in [1.82, 2.24) is 0 Å². The molecule has 0 aliphatic heterocycles. The first-order valence-electron chi connectivity index (χ1n) is 2.64.